The fourth-order valence-electron chi connectivity index (χ4n) is 5.33. The number of hydrogen-bond acceptors (Lipinski definition) is 5. The first-order valence-corrected chi connectivity index (χ1v) is 11.5. The van der Waals surface area contributed by atoms with Crippen molar-refractivity contribution in [1.82, 2.24) is 15.5 Å². The lowest BCUT2D eigenvalue weighted by molar-refractivity contribution is -0.140. The maximum atomic E-state index is 13.4. The van der Waals surface area contributed by atoms with Gasteiger partial charge in [0.2, 0.25) is 5.88 Å². The van der Waals surface area contributed by atoms with Gasteiger partial charge in [0.25, 0.3) is 5.24 Å². The van der Waals surface area contributed by atoms with Crippen LogP contribution in [0.5, 0.6) is 11.6 Å². The summed E-state index contributed by atoms with van der Waals surface area (Å²) in [7, 11) is 0. The molecule has 9 heteroatoms. The SMILES string of the molecule is C=C1NC(=O)SC1[C@H]1c2ccc(Oc3nnc(C(F)(F)F)c4ccccc34)cc2C2CC1C2. The number of hydrogen-bond donors (Lipinski definition) is 1. The number of rotatable bonds is 3. The lowest BCUT2D eigenvalue weighted by Gasteiger charge is -2.49. The number of fused-ring (bicyclic) bond motifs is 1. The average Bonchev–Trinajstić information content (AvgIpc) is 3.09. The quantitative estimate of drug-likeness (QED) is 0.483. The van der Waals surface area contributed by atoms with Gasteiger partial charge in [-0.3, -0.25) is 4.79 Å². The number of benzene rings is 2. The maximum absolute atomic E-state index is 13.4. The first-order valence-electron chi connectivity index (χ1n) is 10.6. The van der Waals surface area contributed by atoms with Crippen molar-refractivity contribution in [3.8, 4) is 11.6 Å². The summed E-state index contributed by atoms with van der Waals surface area (Å²) in [4.78, 5) is 11.9. The van der Waals surface area contributed by atoms with Gasteiger partial charge in [0.15, 0.2) is 5.69 Å². The van der Waals surface area contributed by atoms with E-state index in [1.165, 1.54) is 29.5 Å². The molecule has 0 spiro atoms. The lowest BCUT2D eigenvalue weighted by Crippen LogP contribution is -2.39. The van der Waals surface area contributed by atoms with E-state index in [0.29, 0.717) is 17.6 Å². The fraction of sp³-hybridized carbons (Fsp3) is 0.292. The third-order valence-corrected chi connectivity index (χ3v) is 7.99. The number of alkyl halides is 3. The normalized spacial score (nSPS) is 26.0. The van der Waals surface area contributed by atoms with Crippen LogP contribution in [0.4, 0.5) is 18.0 Å². The Morgan fingerprint density at radius 2 is 1.82 bits per heavy atom. The highest BCUT2D eigenvalue weighted by atomic mass is 32.2. The predicted molar refractivity (Wildman–Crippen MR) is 118 cm³/mol. The number of ether oxygens (including phenoxy) is 1. The van der Waals surface area contributed by atoms with E-state index in [9.17, 15) is 18.0 Å². The molecule has 1 aromatic heterocycles. The molecule has 1 unspecified atom stereocenters. The molecule has 2 atom stereocenters. The van der Waals surface area contributed by atoms with E-state index in [4.69, 9.17) is 4.74 Å². The zero-order valence-corrected chi connectivity index (χ0v) is 18.0. The van der Waals surface area contributed by atoms with E-state index >= 15 is 0 Å². The summed E-state index contributed by atoms with van der Waals surface area (Å²) < 4.78 is 46.0. The van der Waals surface area contributed by atoms with Gasteiger partial charge in [-0.25, -0.2) is 0 Å². The molecule has 2 aromatic carbocycles. The molecule has 1 saturated carbocycles. The van der Waals surface area contributed by atoms with Crippen LogP contribution < -0.4 is 10.1 Å². The standard InChI is InChI=1S/C24H18F3N3O2S/c1-11-20(33-23(31)28-11)19-13-8-12(9-13)18-10-14(6-7-15(18)19)32-22-17-5-3-2-4-16(17)21(29-30-22)24(25,26)27/h2-7,10,12-13,19-20H,1,8-9H2,(H,28,31)/t12?,13?,19-,20?/m1/s1. The summed E-state index contributed by atoms with van der Waals surface area (Å²) in [5, 5.41) is 10.1. The smallest absolute Gasteiger partial charge is 0.435 e. The number of halogens is 3. The van der Waals surface area contributed by atoms with Crippen molar-refractivity contribution >= 4 is 27.8 Å². The van der Waals surface area contributed by atoms with Gasteiger partial charge in [0.05, 0.1) is 5.25 Å². The van der Waals surface area contributed by atoms with Crippen molar-refractivity contribution < 1.29 is 22.7 Å². The van der Waals surface area contributed by atoms with E-state index in [1.54, 1.807) is 12.1 Å². The first-order chi connectivity index (χ1) is 15.8. The summed E-state index contributed by atoms with van der Waals surface area (Å²) >= 11 is 1.29. The van der Waals surface area contributed by atoms with E-state index in [-0.39, 0.29) is 33.1 Å². The van der Waals surface area contributed by atoms with Crippen LogP contribution >= 0.6 is 11.8 Å². The molecule has 2 fully saturated rings. The monoisotopic (exact) mass is 469 g/mol. The zero-order valence-electron chi connectivity index (χ0n) is 17.2. The molecular formula is C24H18F3N3O2S. The van der Waals surface area contributed by atoms with Crippen molar-refractivity contribution in [1.29, 1.82) is 0 Å². The summed E-state index contributed by atoms with van der Waals surface area (Å²) in [5.74, 6) is 1.67. The molecule has 2 heterocycles. The van der Waals surface area contributed by atoms with Crippen LogP contribution in [0.1, 0.15) is 41.5 Å². The second-order valence-corrected chi connectivity index (χ2v) is 9.83. The van der Waals surface area contributed by atoms with Gasteiger partial charge >= 0.3 is 6.18 Å². The fourth-order valence-corrected chi connectivity index (χ4v) is 6.47. The molecule has 7 rings (SSSR count). The molecule has 2 bridgehead atoms. The van der Waals surface area contributed by atoms with Gasteiger partial charge in [0.1, 0.15) is 5.75 Å². The third-order valence-electron chi connectivity index (χ3n) is 6.84. The van der Waals surface area contributed by atoms with Gasteiger partial charge in [-0.2, -0.15) is 13.2 Å². The van der Waals surface area contributed by atoms with Crippen LogP contribution in [0, 0.1) is 5.92 Å². The van der Waals surface area contributed by atoms with Crippen LogP contribution in [0.3, 0.4) is 0 Å². The minimum absolute atomic E-state index is 0.000934. The van der Waals surface area contributed by atoms with Crippen molar-refractivity contribution in [2.75, 3.05) is 0 Å². The lowest BCUT2D eigenvalue weighted by atomic mass is 9.56. The number of amides is 1. The topological polar surface area (TPSA) is 64.1 Å². The Kier molecular flexibility index (Phi) is 4.49. The van der Waals surface area contributed by atoms with Crippen molar-refractivity contribution in [3.05, 3.63) is 71.6 Å². The summed E-state index contributed by atoms with van der Waals surface area (Å²) in [6.07, 6.45) is -2.52. The van der Waals surface area contributed by atoms with E-state index in [2.05, 4.69) is 22.1 Å². The number of thioether (sulfide) groups is 1. The number of aromatic nitrogens is 2. The largest absolute Gasteiger partial charge is 0.437 e. The minimum atomic E-state index is -4.61. The van der Waals surface area contributed by atoms with Crippen LogP contribution in [0.2, 0.25) is 0 Å². The van der Waals surface area contributed by atoms with Crippen LogP contribution in [0.25, 0.3) is 10.8 Å². The summed E-state index contributed by atoms with van der Waals surface area (Å²) in [6.45, 7) is 4.04. The molecule has 5 nitrogen and oxygen atoms in total. The average molecular weight is 469 g/mol. The molecular weight excluding hydrogens is 451 g/mol. The van der Waals surface area contributed by atoms with Crippen LogP contribution in [-0.4, -0.2) is 20.7 Å². The first kappa shape index (κ1) is 20.5. The molecule has 3 aromatic rings. The molecule has 1 N–H and O–H groups in total. The van der Waals surface area contributed by atoms with Gasteiger partial charge < -0.3 is 10.1 Å². The van der Waals surface area contributed by atoms with Crippen molar-refractivity contribution in [2.24, 2.45) is 5.92 Å². The highest BCUT2D eigenvalue weighted by molar-refractivity contribution is 8.14. The van der Waals surface area contributed by atoms with Crippen molar-refractivity contribution in [3.63, 3.8) is 0 Å². The molecule has 0 radical (unpaired) electrons. The van der Waals surface area contributed by atoms with E-state index in [1.807, 2.05) is 18.2 Å². The molecule has 1 amide bonds. The Bertz CT molecular complexity index is 1320. The van der Waals surface area contributed by atoms with E-state index in [0.717, 1.165) is 24.1 Å². The number of nitrogens with zero attached hydrogens (tertiary/aromatic N) is 2. The highest BCUT2D eigenvalue weighted by Crippen LogP contribution is 2.60. The highest BCUT2D eigenvalue weighted by Gasteiger charge is 2.49. The molecule has 33 heavy (non-hydrogen) atoms. The third kappa shape index (κ3) is 3.28. The zero-order chi connectivity index (χ0) is 22.9. The Morgan fingerprint density at radius 3 is 2.52 bits per heavy atom. The second-order valence-electron chi connectivity index (χ2n) is 8.72. The number of nitrogens with one attached hydrogen (secondary N) is 1. The molecule has 4 aliphatic rings. The van der Waals surface area contributed by atoms with Crippen LogP contribution in [0.15, 0.2) is 54.7 Å². The summed E-state index contributed by atoms with van der Waals surface area (Å²) in [5.41, 5.74) is 2.07. The Morgan fingerprint density at radius 1 is 1.06 bits per heavy atom. The molecule has 3 aliphatic carbocycles. The Balaban J connectivity index is 1.36. The minimum Gasteiger partial charge on any atom is -0.437 e. The summed E-state index contributed by atoms with van der Waals surface area (Å²) in [6, 6.07) is 11.9. The van der Waals surface area contributed by atoms with Gasteiger partial charge in [0, 0.05) is 22.4 Å². The Labute approximate surface area is 191 Å². The number of carbonyl (C=O) groups is 1. The van der Waals surface area contributed by atoms with Gasteiger partial charge in [-0.15, -0.1) is 10.2 Å². The number of carbonyl (C=O) groups excluding carboxylic acids is 1. The molecule has 1 saturated heterocycles. The maximum Gasteiger partial charge on any atom is 0.435 e. The van der Waals surface area contributed by atoms with Crippen LogP contribution in [-0.2, 0) is 6.18 Å². The van der Waals surface area contributed by atoms with Gasteiger partial charge in [-0.1, -0.05) is 42.6 Å². The molecule has 168 valence electrons. The van der Waals surface area contributed by atoms with Gasteiger partial charge in [-0.05, 0) is 54.0 Å². The molecule has 1 aliphatic heterocycles. The predicted octanol–water partition coefficient (Wildman–Crippen LogP) is 6.37. The second kappa shape index (κ2) is 7.21. The van der Waals surface area contributed by atoms with E-state index < -0.39 is 11.9 Å². The Hall–Kier alpha value is -3.07. The van der Waals surface area contributed by atoms with Crippen molar-refractivity contribution in [2.45, 2.75) is 36.1 Å².